The van der Waals surface area contributed by atoms with E-state index in [1.54, 1.807) is 12.4 Å². The molecule has 1 N–H and O–H groups in total. The van der Waals surface area contributed by atoms with E-state index in [4.69, 9.17) is 4.55 Å². The first-order valence-corrected chi connectivity index (χ1v) is 9.79. The van der Waals surface area contributed by atoms with E-state index in [0.29, 0.717) is 6.42 Å². The van der Waals surface area contributed by atoms with Gasteiger partial charge in [0.1, 0.15) is 0 Å². The molecule has 1 aromatic heterocycles. The zero-order chi connectivity index (χ0) is 21.9. The van der Waals surface area contributed by atoms with Gasteiger partial charge in [-0.05, 0) is 25.0 Å². The third-order valence-electron chi connectivity index (χ3n) is 3.52. The first kappa shape index (κ1) is 26.6. The maximum Gasteiger partial charge on any atom is 0.431 e. The molecule has 4 nitrogen and oxygen atoms in total. The summed E-state index contributed by atoms with van der Waals surface area (Å²) in [6, 6.07) is 5.72. The van der Waals surface area contributed by atoms with Crippen LogP contribution in [-0.2, 0) is 10.1 Å². The smallest absolute Gasteiger partial charge is 0.281 e. The third-order valence-corrected chi connectivity index (χ3v) is 4.46. The molecular weight excluding hydrogens is 419 g/mol. The van der Waals surface area contributed by atoms with Crippen LogP contribution in [0.3, 0.4) is 0 Å². The van der Waals surface area contributed by atoms with Crippen molar-refractivity contribution >= 4 is 10.1 Å². The summed E-state index contributed by atoms with van der Waals surface area (Å²) < 4.78 is 116. The molecule has 0 aliphatic carbocycles. The Kier molecular flexibility index (Phi) is 11.0. The summed E-state index contributed by atoms with van der Waals surface area (Å²) in [5.74, 6) is -4.91. The molecule has 28 heavy (non-hydrogen) atoms. The van der Waals surface area contributed by atoms with E-state index < -0.39 is 46.7 Å². The highest BCUT2D eigenvalue weighted by Gasteiger charge is 2.64. The zero-order valence-corrected chi connectivity index (χ0v) is 15.6. The van der Waals surface area contributed by atoms with Crippen LogP contribution >= 0.6 is 0 Å². The summed E-state index contributed by atoms with van der Waals surface area (Å²) in [5.41, 5.74) is 0. The maximum absolute atomic E-state index is 13.0. The van der Waals surface area contributed by atoms with E-state index in [2.05, 4.69) is 4.98 Å². The standard InChI is InChI=1S/C11H17F7O3S.C5H5N/c12-9(13,11(17,18)22(19,20)21)7-5-3-1-2-4-6-8-10(14,15)16;1-2-4-6-5-3-1/h1-8H2,(H,19,20,21);1-5H. The number of unbranched alkanes of at least 4 members (excludes halogenated alkanes) is 5. The Morgan fingerprint density at radius 1 is 0.714 bits per heavy atom. The van der Waals surface area contributed by atoms with Gasteiger partial charge in [0.05, 0.1) is 0 Å². The number of nitrogens with zero attached hydrogens (tertiary/aromatic N) is 1. The van der Waals surface area contributed by atoms with Crippen molar-refractivity contribution in [2.45, 2.75) is 68.7 Å². The van der Waals surface area contributed by atoms with E-state index >= 15 is 0 Å². The number of hydrogen-bond donors (Lipinski definition) is 1. The van der Waals surface area contributed by atoms with E-state index in [1.165, 1.54) is 0 Å². The molecule has 1 aromatic rings. The average Bonchev–Trinajstić information content (AvgIpc) is 2.57. The van der Waals surface area contributed by atoms with E-state index in [1.807, 2.05) is 18.2 Å². The average molecular weight is 441 g/mol. The normalized spacial score (nSPS) is 13.0. The highest BCUT2D eigenvalue weighted by molar-refractivity contribution is 7.87. The summed E-state index contributed by atoms with van der Waals surface area (Å²) in [4.78, 5) is 3.78. The van der Waals surface area contributed by atoms with Crippen molar-refractivity contribution in [3.05, 3.63) is 30.6 Å². The summed E-state index contributed by atoms with van der Waals surface area (Å²) in [6.45, 7) is 0. The highest BCUT2D eigenvalue weighted by Crippen LogP contribution is 2.41. The van der Waals surface area contributed by atoms with Crippen molar-refractivity contribution in [2.24, 2.45) is 0 Å². The number of halogens is 7. The van der Waals surface area contributed by atoms with Gasteiger partial charge in [-0.2, -0.15) is 39.2 Å². The second-order valence-corrected chi connectivity index (χ2v) is 7.42. The van der Waals surface area contributed by atoms with Gasteiger partial charge < -0.3 is 0 Å². The van der Waals surface area contributed by atoms with Gasteiger partial charge in [0.25, 0.3) is 0 Å². The fourth-order valence-electron chi connectivity index (χ4n) is 2.03. The fraction of sp³-hybridized carbons (Fsp3) is 0.688. The van der Waals surface area contributed by atoms with Crippen LogP contribution in [0.5, 0.6) is 0 Å². The first-order chi connectivity index (χ1) is 12.7. The first-order valence-electron chi connectivity index (χ1n) is 8.35. The number of alkyl halides is 7. The van der Waals surface area contributed by atoms with Gasteiger partial charge in [-0.15, -0.1) is 0 Å². The number of pyridine rings is 1. The Balaban J connectivity index is 0.00000102. The summed E-state index contributed by atoms with van der Waals surface area (Å²) in [7, 11) is -6.22. The Bertz CT molecular complexity index is 611. The van der Waals surface area contributed by atoms with Gasteiger partial charge in [-0.25, -0.2) is 0 Å². The van der Waals surface area contributed by atoms with Crippen LogP contribution in [0.2, 0.25) is 0 Å². The summed E-state index contributed by atoms with van der Waals surface area (Å²) in [5, 5.41) is -5.56. The van der Waals surface area contributed by atoms with Crippen LogP contribution in [0.15, 0.2) is 30.6 Å². The lowest BCUT2D eigenvalue weighted by molar-refractivity contribution is -0.164. The van der Waals surface area contributed by atoms with Crippen LogP contribution in [0.4, 0.5) is 30.7 Å². The Hall–Kier alpha value is -1.43. The molecule has 0 amide bonds. The van der Waals surface area contributed by atoms with Crippen LogP contribution in [-0.4, -0.2) is 35.3 Å². The molecule has 1 rings (SSSR count). The molecule has 0 bridgehead atoms. The van der Waals surface area contributed by atoms with Crippen molar-refractivity contribution in [1.82, 2.24) is 4.98 Å². The van der Waals surface area contributed by atoms with Crippen LogP contribution in [0, 0.1) is 0 Å². The molecule has 12 heteroatoms. The minimum atomic E-state index is -6.22. The SMILES string of the molecule is O=S(=O)(O)C(F)(F)C(F)(F)CCCCCCCCC(F)(F)F.c1ccncc1. The summed E-state index contributed by atoms with van der Waals surface area (Å²) in [6.07, 6.45) is -2.78. The monoisotopic (exact) mass is 441 g/mol. The molecule has 1 heterocycles. The molecule has 0 atom stereocenters. The maximum atomic E-state index is 13.0. The van der Waals surface area contributed by atoms with Gasteiger partial charge in [-0.3, -0.25) is 9.54 Å². The lowest BCUT2D eigenvalue weighted by Gasteiger charge is -2.23. The van der Waals surface area contributed by atoms with E-state index in [0.717, 1.165) is 0 Å². The van der Waals surface area contributed by atoms with Crippen LogP contribution in [0.25, 0.3) is 0 Å². The fourth-order valence-corrected chi connectivity index (χ4v) is 2.51. The Morgan fingerprint density at radius 3 is 1.46 bits per heavy atom. The molecule has 0 aliphatic rings. The molecule has 0 radical (unpaired) electrons. The van der Waals surface area contributed by atoms with E-state index in [-0.39, 0.29) is 25.7 Å². The molecule has 0 spiro atoms. The van der Waals surface area contributed by atoms with Crippen molar-refractivity contribution in [1.29, 1.82) is 0 Å². The Labute approximate surface area is 158 Å². The quantitative estimate of drug-likeness (QED) is 0.280. The second-order valence-electron chi connectivity index (χ2n) is 5.96. The molecule has 0 saturated carbocycles. The molecular formula is C16H22F7NO3S. The van der Waals surface area contributed by atoms with Gasteiger partial charge in [-0.1, -0.05) is 31.7 Å². The topological polar surface area (TPSA) is 67.3 Å². The lowest BCUT2D eigenvalue weighted by Crippen LogP contribution is -2.46. The Morgan fingerprint density at radius 2 is 1.14 bits per heavy atom. The lowest BCUT2D eigenvalue weighted by atomic mass is 10.1. The predicted octanol–water partition coefficient (Wildman–Crippen LogP) is 5.87. The molecule has 0 aliphatic heterocycles. The van der Waals surface area contributed by atoms with Gasteiger partial charge in [0, 0.05) is 25.2 Å². The molecule has 164 valence electrons. The van der Waals surface area contributed by atoms with Gasteiger partial charge in [0.15, 0.2) is 0 Å². The van der Waals surface area contributed by atoms with E-state index in [9.17, 15) is 39.2 Å². The third kappa shape index (κ3) is 10.8. The van der Waals surface area contributed by atoms with Crippen molar-refractivity contribution in [3.8, 4) is 0 Å². The predicted molar refractivity (Wildman–Crippen MR) is 88.7 cm³/mol. The number of aromatic nitrogens is 1. The summed E-state index contributed by atoms with van der Waals surface area (Å²) >= 11 is 0. The zero-order valence-electron chi connectivity index (χ0n) is 14.8. The van der Waals surface area contributed by atoms with Crippen molar-refractivity contribution in [2.75, 3.05) is 0 Å². The molecule has 0 aromatic carbocycles. The highest BCUT2D eigenvalue weighted by atomic mass is 32.2. The number of hydrogen-bond acceptors (Lipinski definition) is 3. The van der Waals surface area contributed by atoms with Crippen LogP contribution in [0.1, 0.15) is 51.4 Å². The van der Waals surface area contributed by atoms with Crippen molar-refractivity contribution < 1.29 is 43.7 Å². The molecule has 0 fully saturated rings. The van der Waals surface area contributed by atoms with Gasteiger partial charge in [0.2, 0.25) is 0 Å². The minimum absolute atomic E-state index is 0.0448. The van der Waals surface area contributed by atoms with Gasteiger partial charge >= 0.3 is 27.5 Å². The number of rotatable bonds is 10. The van der Waals surface area contributed by atoms with Crippen LogP contribution < -0.4 is 0 Å². The van der Waals surface area contributed by atoms with Crippen molar-refractivity contribution in [3.63, 3.8) is 0 Å². The largest absolute Gasteiger partial charge is 0.431 e. The molecule has 0 saturated heterocycles. The second kappa shape index (κ2) is 11.5. The molecule has 0 unspecified atom stereocenters. The minimum Gasteiger partial charge on any atom is -0.281 e.